The minimum absolute atomic E-state index is 0.406. The van der Waals surface area contributed by atoms with Gasteiger partial charge in [-0.2, -0.15) is 0 Å². The van der Waals surface area contributed by atoms with Crippen molar-refractivity contribution in [3.63, 3.8) is 0 Å². The van der Waals surface area contributed by atoms with Gasteiger partial charge in [-0.25, -0.2) is 4.98 Å². The first-order chi connectivity index (χ1) is 8.81. The summed E-state index contributed by atoms with van der Waals surface area (Å²) in [7, 11) is 0. The summed E-state index contributed by atoms with van der Waals surface area (Å²) in [5.41, 5.74) is 2.03. The Morgan fingerprint density at radius 3 is 2.89 bits per heavy atom. The number of fused-ring (bicyclic) bond motifs is 1. The number of aromatic nitrogens is 3. The molecule has 0 fully saturated rings. The van der Waals surface area contributed by atoms with E-state index in [1.54, 1.807) is 23.7 Å². The highest BCUT2D eigenvalue weighted by molar-refractivity contribution is 7.15. The van der Waals surface area contributed by atoms with Crippen LogP contribution in [0.1, 0.15) is 11.3 Å². The molecule has 0 spiro atoms. The Hall–Kier alpha value is -1.72. The van der Waals surface area contributed by atoms with Gasteiger partial charge in [-0.15, -0.1) is 11.3 Å². The minimum atomic E-state index is -0.406. The van der Waals surface area contributed by atoms with Crippen LogP contribution in [0.15, 0.2) is 42.3 Å². The summed E-state index contributed by atoms with van der Waals surface area (Å²) in [5.74, 6) is 0. The van der Waals surface area contributed by atoms with E-state index in [0.717, 1.165) is 16.2 Å². The molecule has 0 aliphatic heterocycles. The number of rotatable bonds is 4. The van der Waals surface area contributed by atoms with Gasteiger partial charge in [0.25, 0.3) is 0 Å². The average Bonchev–Trinajstić information content (AvgIpc) is 2.90. The van der Waals surface area contributed by atoms with E-state index in [2.05, 4.69) is 9.97 Å². The summed E-state index contributed by atoms with van der Waals surface area (Å²) in [6.45, 7) is 0. The lowest BCUT2D eigenvalue weighted by atomic mass is 10.1. The predicted molar refractivity (Wildman–Crippen MR) is 70.7 cm³/mol. The summed E-state index contributed by atoms with van der Waals surface area (Å²) >= 11 is 1.60. The molecule has 3 aromatic rings. The van der Waals surface area contributed by atoms with Crippen LogP contribution in [0.25, 0.3) is 4.96 Å². The lowest BCUT2D eigenvalue weighted by molar-refractivity contribution is 0.174. The van der Waals surface area contributed by atoms with Crippen molar-refractivity contribution >= 4 is 16.3 Å². The zero-order valence-corrected chi connectivity index (χ0v) is 10.5. The molecule has 0 aromatic carbocycles. The number of pyridine rings is 1. The third-order valence-corrected chi connectivity index (χ3v) is 3.58. The fraction of sp³-hybridized carbons (Fsp3) is 0.231. The second-order valence-electron chi connectivity index (χ2n) is 4.24. The Labute approximate surface area is 109 Å². The molecule has 0 aliphatic carbocycles. The van der Waals surface area contributed by atoms with Crippen LogP contribution in [0.5, 0.6) is 0 Å². The number of hydrogen-bond acceptors (Lipinski definition) is 4. The van der Waals surface area contributed by atoms with Gasteiger partial charge in [-0.1, -0.05) is 0 Å². The standard InChI is InChI=1S/C13H13N3OS/c17-12(7-10-1-3-14-4-2-10)8-11-9-16-5-6-18-13(16)15-11/h1-6,9,12,17H,7-8H2. The Morgan fingerprint density at radius 1 is 1.28 bits per heavy atom. The van der Waals surface area contributed by atoms with E-state index in [4.69, 9.17) is 0 Å². The first-order valence-electron chi connectivity index (χ1n) is 5.79. The second-order valence-corrected chi connectivity index (χ2v) is 5.12. The van der Waals surface area contributed by atoms with E-state index in [1.165, 1.54) is 0 Å². The van der Waals surface area contributed by atoms with Crippen molar-refractivity contribution in [3.05, 3.63) is 53.6 Å². The van der Waals surface area contributed by atoms with E-state index in [1.807, 2.05) is 34.3 Å². The van der Waals surface area contributed by atoms with Crippen molar-refractivity contribution in [1.82, 2.24) is 14.4 Å². The Bertz CT molecular complexity index is 603. The summed E-state index contributed by atoms with van der Waals surface area (Å²) < 4.78 is 1.99. The Balaban J connectivity index is 1.67. The maximum Gasteiger partial charge on any atom is 0.193 e. The summed E-state index contributed by atoms with van der Waals surface area (Å²) in [5, 5.41) is 12.1. The van der Waals surface area contributed by atoms with E-state index in [9.17, 15) is 5.11 Å². The Morgan fingerprint density at radius 2 is 2.11 bits per heavy atom. The van der Waals surface area contributed by atoms with Gasteiger partial charge in [0.15, 0.2) is 4.96 Å². The summed E-state index contributed by atoms with van der Waals surface area (Å²) in [4.78, 5) is 9.40. The predicted octanol–water partition coefficient (Wildman–Crippen LogP) is 1.94. The number of hydrogen-bond donors (Lipinski definition) is 1. The summed E-state index contributed by atoms with van der Waals surface area (Å²) in [6, 6.07) is 3.85. The van der Waals surface area contributed by atoms with Crippen molar-refractivity contribution in [2.45, 2.75) is 18.9 Å². The number of thiazole rings is 1. The molecule has 18 heavy (non-hydrogen) atoms. The lowest BCUT2D eigenvalue weighted by Crippen LogP contribution is -2.14. The van der Waals surface area contributed by atoms with Gasteiger partial charge in [0, 0.05) is 36.6 Å². The lowest BCUT2D eigenvalue weighted by Gasteiger charge is -2.08. The summed E-state index contributed by atoms with van der Waals surface area (Å²) in [6.07, 6.45) is 8.25. The molecule has 92 valence electrons. The van der Waals surface area contributed by atoms with E-state index in [-0.39, 0.29) is 0 Å². The molecule has 5 heteroatoms. The average molecular weight is 259 g/mol. The van der Waals surface area contributed by atoms with Crippen molar-refractivity contribution in [1.29, 1.82) is 0 Å². The molecule has 0 saturated heterocycles. The maximum absolute atomic E-state index is 10.1. The van der Waals surface area contributed by atoms with Crippen LogP contribution >= 0.6 is 11.3 Å². The second kappa shape index (κ2) is 4.88. The van der Waals surface area contributed by atoms with Crippen LogP contribution in [0.3, 0.4) is 0 Å². The molecular weight excluding hydrogens is 246 g/mol. The van der Waals surface area contributed by atoms with Crippen molar-refractivity contribution in [2.24, 2.45) is 0 Å². The van der Waals surface area contributed by atoms with E-state index < -0.39 is 6.10 Å². The smallest absolute Gasteiger partial charge is 0.193 e. The highest BCUT2D eigenvalue weighted by Gasteiger charge is 2.10. The molecule has 0 bridgehead atoms. The highest BCUT2D eigenvalue weighted by atomic mass is 32.1. The van der Waals surface area contributed by atoms with Crippen LogP contribution in [-0.2, 0) is 12.8 Å². The Kier molecular flexibility index (Phi) is 3.08. The van der Waals surface area contributed by atoms with Gasteiger partial charge in [0.05, 0.1) is 11.8 Å². The molecular formula is C13H13N3OS. The van der Waals surface area contributed by atoms with Crippen LogP contribution in [0.4, 0.5) is 0 Å². The van der Waals surface area contributed by atoms with Gasteiger partial charge in [0.2, 0.25) is 0 Å². The molecule has 4 nitrogen and oxygen atoms in total. The van der Waals surface area contributed by atoms with Crippen LogP contribution in [-0.4, -0.2) is 25.6 Å². The van der Waals surface area contributed by atoms with Gasteiger partial charge in [0.1, 0.15) is 0 Å². The molecule has 3 aromatic heterocycles. The van der Waals surface area contributed by atoms with Crippen molar-refractivity contribution in [2.75, 3.05) is 0 Å². The monoisotopic (exact) mass is 259 g/mol. The molecule has 3 heterocycles. The first-order valence-corrected chi connectivity index (χ1v) is 6.67. The largest absolute Gasteiger partial charge is 0.392 e. The van der Waals surface area contributed by atoms with Crippen molar-refractivity contribution in [3.8, 4) is 0 Å². The molecule has 0 saturated carbocycles. The van der Waals surface area contributed by atoms with Gasteiger partial charge < -0.3 is 5.11 Å². The van der Waals surface area contributed by atoms with E-state index >= 15 is 0 Å². The van der Waals surface area contributed by atoms with Crippen LogP contribution in [0, 0.1) is 0 Å². The fourth-order valence-corrected chi connectivity index (χ4v) is 2.70. The van der Waals surface area contributed by atoms with Gasteiger partial charge in [-0.3, -0.25) is 9.38 Å². The fourth-order valence-electron chi connectivity index (χ4n) is 1.98. The first kappa shape index (κ1) is 11.4. The number of aliphatic hydroxyl groups excluding tert-OH is 1. The minimum Gasteiger partial charge on any atom is -0.392 e. The topological polar surface area (TPSA) is 50.4 Å². The van der Waals surface area contributed by atoms with Crippen molar-refractivity contribution < 1.29 is 5.11 Å². The third kappa shape index (κ3) is 2.42. The number of imidazole rings is 1. The molecule has 0 aliphatic rings. The van der Waals surface area contributed by atoms with Gasteiger partial charge in [-0.05, 0) is 24.1 Å². The SMILES string of the molecule is OC(Cc1ccncc1)Cc1cn2ccsc2n1. The molecule has 1 atom stereocenters. The molecule has 0 radical (unpaired) electrons. The number of nitrogens with zero attached hydrogens (tertiary/aromatic N) is 3. The van der Waals surface area contributed by atoms with Crippen LogP contribution < -0.4 is 0 Å². The van der Waals surface area contributed by atoms with E-state index in [0.29, 0.717) is 12.8 Å². The van der Waals surface area contributed by atoms with Gasteiger partial charge >= 0.3 is 0 Å². The van der Waals surface area contributed by atoms with Crippen LogP contribution in [0.2, 0.25) is 0 Å². The molecule has 0 amide bonds. The molecule has 3 rings (SSSR count). The quantitative estimate of drug-likeness (QED) is 0.779. The maximum atomic E-state index is 10.1. The zero-order valence-electron chi connectivity index (χ0n) is 9.73. The third-order valence-electron chi connectivity index (χ3n) is 2.81. The highest BCUT2D eigenvalue weighted by Crippen LogP contribution is 2.13. The normalized spacial score (nSPS) is 12.9. The zero-order chi connectivity index (χ0) is 12.4. The number of aliphatic hydroxyl groups is 1. The molecule has 1 N–H and O–H groups in total. The molecule has 1 unspecified atom stereocenters.